The number of carbonyl (C=O) groups is 1. The summed E-state index contributed by atoms with van der Waals surface area (Å²) in [6.07, 6.45) is 4.14. The van der Waals surface area contributed by atoms with E-state index >= 15 is 0 Å². The van der Waals surface area contributed by atoms with Crippen LogP contribution in [0.15, 0.2) is 58.3 Å². The first-order chi connectivity index (χ1) is 13.1. The highest BCUT2D eigenvalue weighted by Gasteiger charge is 2.34. The van der Waals surface area contributed by atoms with Crippen LogP contribution in [0.1, 0.15) is 36.0 Å². The van der Waals surface area contributed by atoms with Gasteiger partial charge in [0.25, 0.3) is 11.6 Å². The van der Waals surface area contributed by atoms with Gasteiger partial charge < -0.3 is 10.6 Å². The highest BCUT2D eigenvalue weighted by Crippen LogP contribution is 2.33. The van der Waals surface area contributed by atoms with Crippen molar-refractivity contribution in [2.45, 2.75) is 53.6 Å². The molecule has 140 valence electrons. The lowest BCUT2D eigenvalue weighted by molar-refractivity contribution is -0.384. The van der Waals surface area contributed by atoms with Gasteiger partial charge in [-0.15, -0.1) is 0 Å². The lowest BCUT2D eigenvalue weighted by Crippen LogP contribution is -2.48. The number of nitrogens with zero attached hydrogens (tertiary/aromatic N) is 1. The molecule has 4 rings (SSSR count). The summed E-state index contributed by atoms with van der Waals surface area (Å²) in [6, 6.07) is 15.3. The van der Waals surface area contributed by atoms with Crippen LogP contribution in [0, 0.1) is 10.1 Å². The first kappa shape index (κ1) is 18.0. The molecule has 0 saturated carbocycles. The van der Waals surface area contributed by atoms with Gasteiger partial charge in [0.05, 0.1) is 10.5 Å². The van der Waals surface area contributed by atoms with Crippen LogP contribution in [0.4, 0.5) is 5.69 Å². The van der Waals surface area contributed by atoms with Crippen molar-refractivity contribution in [2.75, 3.05) is 0 Å². The van der Waals surface area contributed by atoms with Crippen LogP contribution < -0.4 is 10.6 Å². The molecule has 0 spiro atoms. The average Bonchev–Trinajstić information content (AvgIpc) is 3.01. The van der Waals surface area contributed by atoms with Crippen LogP contribution >= 0.6 is 11.8 Å². The molecule has 2 N–H and O–H groups in total. The molecule has 2 aliphatic heterocycles. The lowest BCUT2D eigenvalue weighted by atomic mass is 9.99. The summed E-state index contributed by atoms with van der Waals surface area (Å²) in [5.41, 5.74) is 0.298. The molecule has 2 fully saturated rings. The number of fused-ring (bicyclic) bond motifs is 2. The zero-order chi connectivity index (χ0) is 18.8. The average molecular weight is 383 g/mol. The fraction of sp³-hybridized carbons (Fsp3) is 0.350. The number of piperidine rings is 1. The third-order valence-corrected chi connectivity index (χ3v) is 6.28. The summed E-state index contributed by atoms with van der Waals surface area (Å²) >= 11 is 1.44. The van der Waals surface area contributed by atoms with Crippen LogP contribution in [-0.2, 0) is 0 Å². The monoisotopic (exact) mass is 383 g/mol. The van der Waals surface area contributed by atoms with Gasteiger partial charge in [0.1, 0.15) is 0 Å². The molecule has 2 aromatic carbocycles. The second-order valence-corrected chi connectivity index (χ2v) is 8.25. The summed E-state index contributed by atoms with van der Waals surface area (Å²) in [7, 11) is 0. The predicted octanol–water partition coefficient (Wildman–Crippen LogP) is 3.76. The second kappa shape index (κ2) is 7.70. The molecule has 2 atom stereocenters. The lowest BCUT2D eigenvalue weighted by Gasteiger charge is -2.29. The summed E-state index contributed by atoms with van der Waals surface area (Å²) in [5, 5.41) is 17.9. The third kappa shape index (κ3) is 4.14. The highest BCUT2D eigenvalue weighted by atomic mass is 32.2. The first-order valence-corrected chi connectivity index (χ1v) is 9.98. The first-order valence-electron chi connectivity index (χ1n) is 9.17. The molecule has 27 heavy (non-hydrogen) atoms. The molecule has 2 aromatic rings. The minimum Gasteiger partial charge on any atom is -0.349 e. The standard InChI is InChI=1S/C20H21N3O3S/c24-20(22-15-10-13-6-7-14(11-15)21-13)18-12-16(23(25)26)8-9-19(18)27-17-4-2-1-3-5-17/h1-5,8-9,12-15,21H,6-7,10-11H2,(H,22,24). The summed E-state index contributed by atoms with van der Waals surface area (Å²) in [4.78, 5) is 25.4. The minimum absolute atomic E-state index is 0.0667. The number of carbonyl (C=O) groups excluding carboxylic acids is 1. The fourth-order valence-corrected chi connectivity index (χ4v) is 4.90. The Hall–Kier alpha value is -2.38. The van der Waals surface area contributed by atoms with Gasteiger partial charge in [-0.25, -0.2) is 0 Å². The predicted molar refractivity (Wildman–Crippen MR) is 104 cm³/mol. The van der Waals surface area contributed by atoms with Crippen molar-refractivity contribution in [3.8, 4) is 0 Å². The summed E-state index contributed by atoms with van der Waals surface area (Å²) < 4.78 is 0. The molecule has 2 aliphatic rings. The molecule has 0 aromatic heterocycles. The molecule has 2 heterocycles. The number of nitro benzene ring substituents is 1. The molecule has 0 radical (unpaired) electrons. The Bertz CT molecular complexity index is 847. The van der Waals surface area contributed by atoms with E-state index in [9.17, 15) is 14.9 Å². The normalized spacial score (nSPS) is 23.8. The SMILES string of the molecule is O=C(NC1CC2CCC(C1)N2)c1cc([N+](=O)[O-])ccc1Sc1ccccc1. The van der Waals surface area contributed by atoms with Crippen molar-refractivity contribution in [3.05, 3.63) is 64.2 Å². The van der Waals surface area contributed by atoms with E-state index in [1.165, 1.54) is 23.9 Å². The largest absolute Gasteiger partial charge is 0.349 e. The van der Waals surface area contributed by atoms with Crippen molar-refractivity contribution < 1.29 is 9.72 Å². The van der Waals surface area contributed by atoms with E-state index in [0.717, 1.165) is 35.5 Å². The van der Waals surface area contributed by atoms with Crippen LogP contribution in [0.3, 0.4) is 0 Å². The van der Waals surface area contributed by atoms with E-state index in [0.29, 0.717) is 17.6 Å². The van der Waals surface area contributed by atoms with Gasteiger partial charge in [0.2, 0.25) is 0 Å². The molecular formula is C20H21N3O3S. The second-order valence-electron chi connectivity index (χ2n) is 7.13. The van der Waals surface area contributed by atoms with Gasteiger partial charge >= 0.3 is 0 Å². The van der Waals surface area contributed by atoms with E-state index in [2.05, 4.69) is 10.6 Å². The van der Waals surface area contributed by atoms with Crippen molar-refractivity contribution in [1.29, 1.82) is 0 Å². The molecule has 0 aliphatic carbocycles. The van der Waals surface area contributed by atoms with Gasteiger partial charge in [-0.2, -0.15) is 0 Å². The van der Waals surface area contributed by atoms with Crippen molar-refractivity contribution in [2.24, 2.45) is 0 Å². The maximum Gasteiger partial charge on any atom is 0.270 e. The molecule has 2 bridgehead atoms. The number of nitro groups is 1. The van der Waals surface area contributed by atoms with Crippen LogP contribution in [0.2, 0.25) is 0 Å². The zero-order valence-corrected chi connectivity index (χ0v) is 15.6. The third-order valence-electron chi connectivity index (χ3n) is 5.20. The quantitative estimate of drug-likeness (QED) is 0.607. The number of amides is 1. The number of benzene rings is 2. The van der Waals surface area contributed by atoms with Crippen LogP contribution in [-0.4, -0.2) is 29.0 Å². The van der Waals surface area contributed by atoms with Gasteiger partial charge in [-0.1, -0.05) is 30.0 Å². The minimum atomic E-state index is -0.460. The maximum absolute atomic E-state index is 13.0. The number of rotatable bonds is 5. The van der Waals surface area contributed by atoms with Gasteiger partial charge in [-0.3, -0.25) is 14.9 Å². The van der Waals surface area contributed by atoms with Crippen LogP contribution in [0.25, 0.3) is 0 Å². The molecular weight excluding hydrogens is 362 g/mol. The zero-order valence-electron chi connectivity index (χ0n) is 14.8. The molecule has 2 saturated heterocycles. The van der Waals surface area contributed by atoms with Crippen LogP contribution in [0.5, 0.6) is 0 Å². The maximum atomic E-state index is 13.0. The Morgan fingerprint density at radius 3 is 2.48 bits per heavy atom. The smallest absolute Gasteiger partial charge is 0.270 e. The van der Waals surface area contributed by atoms with Crippen molar-refractivity contribution in [1.82, 2.24) is 10.6 Å². The number of non-ortho nitro benzene ring substituents is 1. The molecule has 1 amide bonds. The van der Waals surface area contributed by atoms with Crippen molar-refractivity contribution in [3.63, 3.8) is 0 Å². The Kier molecular flexibility index (Phi) is 5.13. The Morgan fingerprint density at radius 2 is 1.81 bits per heavy atom. The Labute approximate surface area is 161 Å². The topological polar surface area (TPSA) is 84.3 Å². The van der Waals surface area contributed by atoms with Crippen molar-refractivity contribution >= 4 is 23.4 Å². The van der Waals surface area contributed by atoms with E-state index in [4.69, 9.17) is 0 Å². The summed E-state index contributed by atoms with van der Waals surface area (Å²) in [5.74, 6) is -0.233. The molecule has 2 unspecified atom stereocenters. The van der Waals surface area contributed by atoms with E-state index < -0.39 is 4.92 Å². The van der Waals surface area contributed by atoms with Gasteiger partial charge in [-0.05, 0) is 43.9 Å². The number of hydrogen-bond acceptors (Lipinski definition) is 5. The Balaban J connectivity index is 1.57. The summed E-state index contributed by atoms with van der Waals surface area (Å²) in [6.45, 7) is 0. The number of hydrogen-bond donors (Lipinski definition) is 2. The molecule has 7 heteroatoms. The molecule has 6 nitrogen and oxygen atoms in total. The fourth-order valence-electron chi connectivity index (χ4n) is 3.95. The van der Waals surface area contributed by atoms with Gasteiger partial charge in [0.15, 0.2) is 0 Å². The van der Waals surface area contributed by atoms with E-state index in [1.54, 1.807) is 6.07 Å². The van der Waals surface area contributed by atoms with E-state index in [1.807, 2.05) is 30.3 Å². The number of nitrogens with one attached hydrogen (secondary N) is 2. The Morgan fingerprint density at radius 1 is 1.11 bits per heavy atom. The van der Waals surface area contributed by atoms with E-state index in [-0.39, 0.29) is 17.6 Å². The highest BCUT2D eigenvalue weighted by molar-refractivity contribution is 7.99. The van der Waals surface area contributed by atoms with Gasteiger partial charge in [0, 0.05) is 40.0 Å².